The highest BCUT2D eigenvalue weighted by Gasteiger charge is 2.43. The average Bonchev–Trinajstić information content (AvgIpc) is 2.89. The van der Waals surface area contributed by atoms with Gasteiger partial charge in [0.2, 0.25) is 0 Å². The number of carbonyl (C=O) groups is 1. The summed E-state index contributed by atoms with van der Waals surface area (Å²) in [5, 5.41) is 0. The molecule has 2 heterocycles. The number of ether oxygens (including phenoxy) is 1. The van der Waals surface area contributed by atoms with E-state index in [2.05, 4.69) is 4.90 Å². The molecule has 2 aliphatic rings. The number of rotatable bonds is 1. The van der Waals surface area contributed by atoms with Crippen LogP contribution < -0.4 is 4.90 Å². The molecule has 0 bridgehead atoms. The third-order valence-corrected chi connectivity index (χ3v) is 4.58. The molecule has 0 saturated carbocycles. The second-order valence-electron chi connectivity index (χ2n) is 7.41. The second kappa shape index (κ2) is 6.02. The van der Waals surface area contributed by atoms with Crippen LogP contribution in [0.15, 0.2) is 24.3 Å². The molecule has 2 fully saturated rings. The van der Waals surface area contributed by atoms with Crippen molar-refractivity contribution in [1.82, 2.24) is 4.90 Å². The molecule has 3 rings (SSSR count). The van der Waals surface area contributed by atoms with E-state index in [1.807, 2.05) is 31.7 Å². The minimum Gasteiger partial charge on any atom is -0.444 e. The Morgan fingerprint density at radius 2 is 2.00 bits per heavy atom. The Bertz CT molecular complexity index is 585. The maximum absolute atomic E-state index is 13.5. The van der Waals surface area contributed by atoms with Gasteiger partial charge in [-0.1, -0.05) is 6.07 Å². The molecule has 1 aromatic carbocycles. The van der Waals surface area contributed by atoms with Crippen LogP contribution in [-0.4, -0.2) is 41.8 Å². The summed E-state index contributed by atoms with van der Waals surface area (Å²) in [7, 11) is 0. The quantitative estimate of drug-likeness (QED) is 0.789. The monoisotopic (exact) mass is 320 g/mol. The molecule has 0 unspecified atom stereocenters. The lowest BCUT2D eigenvalue weighted by atomic mass is 9.96. The maximum atomic E-state index is 13.5. The first-order valence-corrected chi connectivity index (χ1v) is 8.37. The van der Waals surface area contributed by atoms with Crippen molar-refractivity contribution in [2.75, 3.05) is 18.0 Å². The average molecular weight is 320 g/mol. The number of carbonyl (C=O) groups excluding carboxylic acids is 1. The summed E-state index contributed by atoms with van der Waals surface area (Å²) in [5.74, 6) is -0.216. The van der Waals surface area contributed by atoms with Gasteiger partial charge >= 0.3 is 6.09 Å². The lowest BCUT2D eigenvalue weighted by Gasteiger charge is -2.41. The molecule has 126 valence electrons. The maximum Gasteiger partial charge on any atom is 0.410 e. The molecule has 5 heteroatoms. The van der Waals surface area contributed by atoms with Gasteiger partial charge in [0.25, 0.3) is 0 Å². The lowest BCUT2D eigenvalue weighted by Crippen LogP contribution is -2.51. The van der Waals surface area contributed by atoms with E-state index >= 15 is 0 Å². The van der Waals surface area contributed by atoms with E-state index in [0.717, 1.165) is 31.5 Å². The van der Waals surface area contributed by atoms with Crippen molar-refractivity contribution in [3.63, 3.8) is 0 Å². The van der Waals surface area contributed by atoms with Crippen LogP contribution in [0.5, 0.6) is 0 Å². The van der Waals surface area contributed by atoms with Crippen LogP contribution in [0.25, 0.3) is 0 Å². The highest BCUT2D eigenvalue weighted by molar-refractivity contribution is 5.69. The normalized spacial score (nSPS) is 24.5. The van der Waals surface area contributed by atoms with Crippen LogP contribution >= 0.6 is 0 Å². The van der Waals surface area contributed by atoms with Crippen molar-refractivity contribution in [2.24, 2.45) is 0 Å². The largest absolute Gasteiger partial charge is 0.444 e. The van der Waals surface area contributed by atoms with Crippen LogP contribution in [0.2, 0.25) is 0 Å². The fourth-order valence-corrected chi connectivity index (χ4v) is 3.71. The first-order valence-electron chi connectivity index (χ1n) is 8.37. The zero-order valence-electron chi connectivity index (χ0n) is 14.1. The van der Waals surface area contributed by atoms with Crippen LogP contribution in [-0.2, 0) is 4.74 Å². The number of benzene rings is 1. The summed E-state index contributed by atoms with van der Waals surface area (Å²) in [6.07, 6.45) is 2.65. The molecule has 2 atom stereocenters. The third-order valence-electron chi connectivity index (χ3n) is 4.58. The number of halogens is 1. The SMILES string of the molecule is CC(C)(C)OC(=O)N1CC[C@@H]2[C@H]1CCCN2c1cccc(F)c1. The highest BCUT2D eigenvalue weighted by Crippen LogP contribution is 2.35. The van der Waals surface area contributed by atoms with E-state index in [0.29, 0.717) is 6.54 Å². The van der Waals surface area contributed by atoms with Gasteiger partial charge in [-0.15, -0.1) is 0 Å². The fraction of sp³-hybridized carbons (Fsp3) is 0.611. The standard InChI is InChI=1S/C18H25FN2O2/c1-18(2,3)23-17(22)21-11-9-16-15(21)8-5-10-20(16)14-7-4-6-13(19)12-14/h4,6-7,12,15-16H,5,8-11H2,1-3H3/t15-,16-/m1/s1. The molecule has 2 saturated heterocycles. The minimum atomic E-state index is -0.480. The number of amides is 1. The number of hydrogen-bond acceptors (Lipinski definition) is 3. The predicted octanol–water partition coefficient (Wildman–Crippen LogP) is 3.80. The molecule has 1 amide bonds. The summed E-state index contributed by atoms with van der Waals surface area (Å²) in [6.45, 7) is 7.28. The number of likely N-dealkylation sites (tertiary alicyclic amines) is 1. The van der Waals surface area contributed by atoms with Gasteiger partial charge in [-0.3, -0.25) is 0 Å². The zero-order valence-corrected chi connectivity index (χ0v) is 14.1. The number of nitrogens with zero attached hydrogens (tertiary/aromatic N) is 2. The smallest absolute Gasteiger partial charge is 0.410 e. The molecule has 0 radical (unpaired) electrons. The Morgan fingerprint density at radius 1 is 1.22 bits per heavy atom. The zero-order chi connectivity index (χ0) is 16.6. The molecule has 0 aliphatic carbocycles. The van der Waals surface area contributed by atoms with Gasteiger partial charge in [0.05, 0.1) is 12.1 Å². The van der Waals surface area contributed by atoms with E-state index in [-0.39, 0.29) is 24.0 Å². The number of anilines is 1. The molecular weight excluding hydrogens is 295 g/mol. The Morgan fingerprint density at radius 3 is 2.70 bits per heavy atom. The Kier molecular flexibility index (Phi) is 4.21. The van der Waals surface area contributed by atoms with Crippen molar-refractivity contribution in [3.05, 3.63) is 30.1 Å². The molecule has 2 aliphatic heterocycles. The number of piperidine rings is 1. The van der Waals surface area contributed by atoms with Crippen LogP contribution in [0, 0.1) is 5.82 Å². The van der Waals surface area contributed by atoms with E-state index in [1.54, 1.807) is 12.1 Å². The van der Waals surface area contributed by atoms with Gasteiger partial charge in [0.1, 0.15) is 11.4 Å². The van der Waals surface area contributed by atoms with Crippen molar-refractivity contribution in [3.8, 4) is 0 Å². The summed E-state index contributed by atoms with van der Waals surface area (Å²) in [6, 6.07) is 7.14. The Labute approximate surface area is 137 Å². The van der Waals surface area contributed by atoms with Crippen molar-refractivity contribution >= 4 is 11.8 Å². The van der Waals surface area contributed by atoms with E-state index < -0.39 is 5.60 Å². The van der Waals surface area contributed by atoms with E-state index in [1.165, 1.54) is 6.07 Å². The topological polar surface area (TPSA) is 32.8 Å². The van der Waals surface area contributed by atoms with Crippen molar-refractivity contribution in [2.45, 2.75) is 57.7 Å². The second-order valence-corrected chi connectivity index (χ2v) is 7.41. The van der Waals surface area contributed by atoms with Crippen LogP contribution in [0.3, 0.4) is 0 Å². The molecule has 23 heavy (non-hydrogen) atoms. The van der Waals surface area contributed by atoms with Crippen molar-refractivity contribution < 1.29 is 13.9 Å². The van der Waals surface area contributed by atoms with Gasteiger partial charge in [-0.05, 0) is 58.2 Å². The Balaban J connectivity index is 1.76. The number of fused-ring (bicyclic) bond motifs is 1. The fourth-order valence-electron chi connectivity index (χ4n) is 3.71. The Hall–Kier alpha value is -1.78. The van der Waals surface area contributed by atoms with E-state index in [9.17, 15) is 9.18 Å². The van der Waals surface area contributed by atoms with Crippen molar-refractivity contribution in [1.29, 1.82) is 0 Å². The van der Waals surface area contributed by atoms with Gasteiger partial charge in [0, 0.05) is 18.8 Å². The summed E-state index contributed by atoms with van der Waals surface area (Å²) < 4.78 is 19.1. The molecule has 1 aromatic rings. The lowest BCUT2D eigenvalue weighted by molar-refractivity contribution is 0.0204. The van der Waals surface area contributed by atoms with Gasteiger partial charge in [0.15, 0.2) is 0 Å². The summed E-state index contributed by atoms with van der Waals surface area (Å²) in [4.78, 5) is 16.6. The van der Waals surface area contributed by atoms with Crippen LogP contribution in [0.4, 0.5) is 14.9 Å². The third kappa shape index (κ3) is 3.43. The number of hydrogen-bond donors (Lipinski definition) is 0. The summed E-state index contributed by atoms with van der Waals surface area (Å²) in [5.41, 5.74) is 0.428. The van der Waals surface area contributed by atoms with Crippen LogP contribution in [0.1, 0.15) is 40.0 Å². The molecular formula is C18H25FN2O2. The van der Waals surface area contributed by atoms with E-state index in [4.69, 9.17) is 4.74 Å². The molecule has 4 nitrogen and oxygen atoms in total. The van der Waals surface area contributed by atoms with Gasteiger partial charge < -0.3 is 14.5 Å². The minimum absolute atomic E-state index is 0.155. The van der Waals surface area contributed by atoms with Gasteiger partial charge in [-0.2, -0.15) is 0 Å². The molecule has 0 spiro atoms. The first kappa shape index (κ1) is 16.1. The molecule has 0 N–H and O–H groups in total. The first-order chi connectivity index (χ1) is 10.8. The predicted molar refractivity (Wildman–Crippen MR) is 88.1 cm³/mol. The summed E-state index contributed by atoms with van der Waals surface area (Å²) >= 11 is 0. The van der Waals surface area contributed by atoms with Gasteiger partial charge in [-0.25, -0.2) is 9.18 Å². The highest BCUT2D eigenvalue weighted by atomic mass is 19.1. The molecule has 0 aromatic heterocycles.